The molecule has 0 aliphatic heterocycles. The third-order valence-corrected chi connectivity index (χ3v) is 3.74. The number of para-hydroxylation sites is 1. The zero-order valence-electron chi connectivity index (χ0n) is 11.3. The Morgan fingerprint density at radius 1 is 1.40 bits per heavy atom. The summed E-state index contributed by atoms with van der Waals surface area (Å²) in [5.74, 6) is 0.608. The molecule has 2 rings (SSSR count). The highest BCUT2D eigenvalue weighted by molar-refractivity contribution is 9.10. The summed E-state index contributed by atoms with van der Waals surface area (Å²) >= 11 is 3.32. The Balaban J connectivity index is 2.50. The van der Waals surface area contributed by atoms with Crippen molar-refractivity contribution < 1.29 is 0 Å². The summed E-state index contributed by atoms with van der Waals surface area (Å²) in [6, 6.07) is 8.01. The fourth-order valence-electron chi connectivity index (χ4n) is 2.02. The first-order valence-corrected chi connectivity index (χ1v) is 7.21. The van der Waals surface area contributed by atoms with Crippen LogP contribution in [0.15, 0.2) is 39.9 Å². The minimum absolute atomic E-state index is 0.193. The summed E-state index contributed by atoms with van der Waals surface area (Å²) < 4.78 is 0.431. The van der Waals surface area contributed by atoms with Crippen molar-refractivity contribution >= 4 is 27.4 Å². The number of H-pyrrole nitrogens is 1. The van der Waals surface area contributed by atoms with E-state index in [1.807, 2.05) is 36.1 Å². The fourth-order valence-corrected chi connectivity index (χ4v) is 2.45. The van der Waals surface area contributed by atoms with Crippen LogP contribution in [0, 0.1) is 6.92 Å². The fraction of sp³-hybridized carbons (Fsp3) is 0.286. The first kappa shape index (κ1) is 14.7. The van der Waals surface area contributed by atoms with Crippen molar-refractivity contribution in [2.75, 3.05) is 18.0 Å². The van der Waals surface area contributed by atoms with Crippen LogP contribution in [0.5, 0.6) is 0 Å². The molecule has 0 fully saturated rings. The van der Waals surface area contributed by atoms with E-state index < -0.39 is 0 Å². The van der Waals surface area contributed by atoms with Gasteiger partial charge in [-0.3, -0.25) is 4.79 Å². The number of nitrogens with zero attached hydrogens (tertiary/aromatic N) is 2. The van der Waals surface area contributed by atoms with Crippen LogP contribution in [0.3, 0.4) is 0 Å². The number of aromatic nitrogens is 2. The second-order valence-electron chi connectivity index (χ2n) is 4.45. The maximum atomic E-state index is 11.7. The molecule has 0 spiro atoms. The van der Waals surface area contributed by atoms with Crippen LogP contribution >= 0.6 is 15.9 Å². The Bertz CT molecular complexity index is 641. The van der Waals surface area contributed by atoms with Crippen LogP contribution in [-0.4, -0.2) is 23.1 Å². The van der Waals surface area contributed by atoms with Gasteiger partial charge in [-0.05, 0) is 47.4 Å². The number of nitrogens with one attached hydrogen (secondary N) is 1. The van der Waals surface area contributed by atoms with Crippen LogP contribution in [0.2, 0.25) is 0 Å². The van der Waals surface area contributed by atoms with E-state index in [9.17, 15) is 4.79 Å². The number of nitrogens with two attached hydrogens (primary N) is 1. The molecule has 1 heterocycles. The topological polar surface area (TPSA) is 75.0 Å². The van der Waals surface area contributed by atoms with Crippen LogP contribution in [0.1, 0.15) is 12.0 Å². The Hall–Kier alpha value is -1.66. The zero-order chi connectivity index (χ0) is 14.5. The Labute approximate surface area is 126 Å². The van der Waals surface area contributed by atoms with Crippen molar-refractivity contribution in [1.29, 1.82) is 0 Å². The maximum absolute atomic E-state index is 11.7. The summed E-state index contributed by atoms with van der Waals surface area (Å²) in [5, 5.41) is 0. The molecule has 0 saturated heterocycles. The Kier molecular flexibility index (Phi) is 4.92. The van der Waals surface area contributed by atoms with E-state index in [4.69, 9.17) is 5.73 Å². The lowest BCUT2D eigenvalue weighted by molar-refractivity contribution is 0.803. The molecule has 20 heavy (non-hydrogen) atoms. The van der Waals surface area contributed by atoms with Crippen LogP contribution in [0.4, 0.5) is 11.5 Å². The van der Waals surface area contributed by atoms with Gasteiger partial charge in [-0.15, -0.1) is 0 Å². The summed E-state index contributed by atoms with van der Waals surface area (Å²) in [6.45, 7) is 3.32. The molecule has 3 N–H and O–H groups in total. The van der Waals surface area contributed by atoms with Crippen molar-refractivity contribution in [2.24, 2.45) is 5.73 Å². The quantitative estimate of drug-likeness (QED) is 0.878. The normalized spacial score (nSPS) is 10.6. The standard InChI is InChI=1S/C14H17BrN4O/c1-10-5-2-3-6-11(10)19(8-4-7-16)13-12(15)14(20)18-9-17-13/h2-3,5-6,9H,4,7-8,16H2,1H3,(H,17,18,20). The highest BCUT2D eigenvalue weighted by atomic mass is 79.9. The lowest BCUT2D eigenvalue weighted by Crippen LogP contribution is -2.25. The highest BCUT2D eigenvalue weighted by Gasteiger charge is 2.16. The van der Waals surface area contributed by atoms with Gasteiger partial charge in [0.25, 0.3) is 5.56 Å². The minimum atomic E-state index is -0.193. The Morgan fingerprint density at radius 3 is 2.85 bits per heavy atom. The molecule has 0 unspecified atom stereocenters. The number of hydrogen-bond donors (Lipinski definition) is 2. The summed E-state index contributed by atoms with van der Waals surface area (Å²) in [4.78, 5) is 20.6. The van der Waals surface area contributed by atoms with Gasteiger partial charge in [0.15, 0.2) is 5.82 Å². The predicted molar refractivity (Wildman–Crippen MR) is 84.4 cm³/mol. The molecule has 1 aromatic carbocycles. The predicted octanol–water partition coefficient (Wildman–Crippen LogP) is 2.33. The van der Waals surface area contributed by atoms with Crippen LogP contribution in [-0.2, 0) is 0 Å². The third-order valence-electron chi connectivity index (χ3n) is 3.03. The zero-order valence-corrected chi connectivity index (χ0v) is 12.9. The highest BCUT2D eigenvalue weighted by Crippen LogP contribution is 2.30. The van der Waals surface area contributed by atoms with E-state index in [0.717, 1.165) is 17.7 Å². The van der Waals surface area contributed by atoms with Crippen molar-refractivity contribution in [1.82, 2.24) is 9.97 Å². The van der Waals surface area contributed by atoms with Gasteiger partial charge < -0.3 is 15.6 Å². The van der Waals surface area contributed by atoms with Crippen molar-refractivity contribution in [3.63, 3.8) is 0 Å². The smallest absolute Gasteiger partial charge is 0.267 e. The third kappa shape index (κ3) is 3.08. The van der Waals surface area contributed by atoms with Gasteiger partial charge in [-0.1, -0.05) is 18.2 Å². The van der Waals surface area contributed by atoms with Gasteiger partial charge in [0.05, 0.1) is 6.33 Å². The molecule has 0 aliphatic carbocycles. The second-order valence-corrected chi connectivity index (χ2v) is 5.24. The minimum Gasteiger partial charge on any atom is -0.330 e. The number of rotatable bonds is 5. The van der Waals surface area contributed by atoms with Crippen molar-refractivity contribution in [2.45, 2.75) is 13.3 Å². The van der Waals surface area contributed by atoms with Gasteiger partial charge in [0, 0.05) is 12.2 Å². The van der Waals surface area contributed by atoms with Crippen LogP contribution < -0.4 is 16.2 Å². The second kappa shape index (κ2) is 6.67. The SMILES string of the molecule is Cc1ccccc1N(CCCN)c1nc[nH]c(=O)c1Br. The van der Waals surface area contributed by atoms with E-state index in [0.29, 0.717) is 23.4 Å². The summed E-state index contributed by atoms with van der Waals surface area (Å²) in [7, 11) is 0. The number of benzene rings is 1. The molecule has 0 amide bonds. The summed E-state index contributed by atoms with van der Waals surface area (Å²) in [5.41, 5.74) is 7.57. The number of aryl methyl sites for hydroxylation is 1. The monoisotopic (exact) mass is 336 g/mol. The number of aromatic amines is 1. The van der Waals surface area contributed by atoms with Gasteiger partial charge in [0.1, 0.15) is 4.47 Å². The van der Waals surface area contributed by atoms with E-state index in [2.05, 4.69) is 25.9 Å². The molecule has 0 radical (unpaired) electrons. The molecule has 2 aromatic rings. The van der Waals surface area contributed by atoms with E-state index >= 15 is 0 Å². The molecule has 0 aliphatic rings. The molecule has 0 saturated carbocycles. The largest absolute Gasteiger partial charge is 0.330 e. The van der Waals surface area contributed by atoms with Gasteiger partial charge in [0.2, 0.25) is 0 Å². The molecule has 0 atom stereocenters. The molecule has 106 valence electrons. The molecular formula is C14H17BrN4O. The maximum Gasteiger partial charge on any atom is 0.267 e. The molecule has 1 aromatic heterocycles. The molecular weight excluding hydrogens is 320 g/mol. The van der Waals surface area contributed by atoms with Gasteiger partial charge in [-0.25, -0.2) is 4.98 Å². The van der Waals surface area contributed by atoms with Crippen molar-refractivity contribution in [3.8, 4) is 0 Å². The van der Waals surface area contributed by atoms with Gasteiger partial charge >= 0.3 is 0 Å². The van der Waals surface area contributed by atoms with E-state index in [1.165, 1.54) is 6.33 Å². The molecule has 5 nitrogen and oxygen atoms in total. The van der Waals surface area contributed by atoms with Crippen molar-refractivity contribution in [3.05, 3.63) is 51.0 Å². The lowest BCUT2D eigenvalue weighted by atomic mass is 10.1. The average molecular weight is 337 g/mol. The lowest BCUT2D eigenvalue weighted by Gasteiger charge is -2.25. The first-order valence-electron chi connectivity index (χ1n) is 6.41. The summed E-state index contributed by atoms with van der Waals surface area (Å²) in [6.07, 6.45) is 2.23. The molecule has 0 bridgehead atoms. The van der Waals surface area contributed by atoms with Crippen LogP contribution in [0.25, 0.3) is 0 Å². The number of halogens is 1. The Morgan fingerprint density at radius 2 is 2.15 bits per heavy atom. The molecule has 6 heteroatoms. The van der Waals surface area contributed by atoms with E-state index in [-0.39, 0.29) is 5.56 Å². The van der Waals surface area contributed by atoms with Gasteiger partial charge in [-0.2, -0.15) is 0 Å². The number of anilines is 2. The first-order chi connectivity index (χ1) is 9.65. The van der Waals surface area contributed by atoms with E-state index in [1.54, 1.807) is 0 Å². The number of hydrogen-bond acceptors (Lipinski definition) is 4. The average Bonchev–Trinajstić information content (AvgIpc) is 2.45.